The Hall–Kier alpha value is -2.40. The monoisotopic (exact) mass is 327 g/mol. The number of hydrogen-bond acceptors (Lipinski definition) is 4. The first-order chi connectivity index (χ1) is 11.6. The molecule has 2 aromatic rings. The van der Waals surface area contributed by atoms with E-state index in [1.54, 1.807) is 19.4 Å². The van der Waals surface area contributed by atoms with Crippen LogP contribution >= 0.6 is 0 Å². The fourth-order valence-corrected chi connectivity index (χ4v) is 2.34. The predicted molar refractivity (Wildman–Crippen MR) is 96.1 cm³/mol. The molecule has 1 aromatic carbocycles. The van der Waals surface area contributed by atoms with Crippen LogP contribution in [0, 0.1) is 0 Å². The minimum absolute atomic E-state index is 0.0581. The largest absolute Gasteiger partial charge is 0.383 e. The predicted octanol–water partition coefficient (Wildman–Crippen LogP) is 3.19. The molecule has 0 fully saturated rings. The maximum atomic E-state index is 12.8. The number of aromatic nitrogens is 1. The van der Waals surface area contributed by atoms with E-state index in [0.717, 1.165) is 11.3 Å². The average molecular weight is 327 g/mol. The maximum absolute atomic E-state index is 12.8. The number of anilines is 1. The van der Waals surface area contributed by atoms with Crippen molar-refractivity contribution >= 4 is 11.6 Å². The molecule has 0 aliphatic rings. The molecule has 1 amide bonds. The van der Waals surface area contributed by atoms with Gasteiger partial charge in [0.05, 0.1) is 18.5 Å². The van der Waals surface area contributed by atoms with Crippen molar-refractivity contribution in [3.63, 3.8) is 0 Å². The SMILES string of the molecule is COCCNc1ccc(C(=O)N(Cc2ccccc2)C(C)C)nc1. The quantitative estimate of drug-likeness (QED) is 0.757. The summed E-state index contributed by atoms with van der Waals surface area (Å²) in [5, 5.41) is 3.19. The lowest BCUT2D eigenvalue weighted by atomic mass is 10.1. The number of pyridine rings is 1. The van der Waals surface area contributed by atoms with Crippen molar-refractivity contribution in [3.05, 3.63) is 59.9 Å². The molecule has 5 nitrogen and oxygen atoms in total. The summed E-state index contributed by atoms with van der Waals surface area (Å²) < 4.78 is 5.00. The molecule has 0 aliphatic heterocycles. The van der Waals surface area contributed by atoms with Crippen molar-refractivity contribution in [1.82, 2.24) is 9.88 Å². The molecule has 0 spiro atoms. The summed E-state index contributed by atoms with van der Waals surface area (Å²) in [6.07, 6.45) is 1.68. The molecule has 0 unspecified atom stereocenters. The van der Waals surface area contributed by atoms with Gasteiger partial charge >= 0.3 is 0 Å². The lowest BCUT2D eigenvalue weighted by Crippen LogP contribution is -2.36. The zero-order chi connectivity index (χ0) is 17.4. The Kier molecular flexibility index (Phi) is 6.75. The van der Waals surface area contributed by atoms with Gasteiger partial charge in [0.1, 0.15) is 5.69 Å². The molecule has 0 radical (unpaired) electrons. The standard InChI is InChI=1S/C19H25N3O2/c1-15(2)22(14-16-7-5-4-6-8-16)19(23)18-10-9-17(13-21-18)20-11-12-24-3/h4-10,13,15,20H,11-12,14H2,1-3H3. The van der Waals surface area contributed by atoms with Crippen molar-refractivity contribution in [2.75, 3.05) is 25.6 Å². The molecule has 1 N–H and O–H groups in total. The number of ether oxygens (including phenoxy) is 1. The van der Waals surface area contributed by atoms with E-state index in [1.165, 1.54) is 0 Å². The molecular weight excluding hydrogens is 302 g/mol. The number of amides is 1. The number of nitrogens with one attached hydrogen (secondary N) is 1. The second kappa shape index (κ2) is 9.03. The van der Waals surface area contributed by atoms with Crippen LogP contribution in [0.15, 0.2) is 48.7 Å². The van der Waals surface area contributed by atoms with Gasteiger partial charge in [-0.05, 0) is 31.5 Å². The lowest BCUT2D eigenvalue weighted by molar-refractivity contribution is 0.0684. The summed E-state index contributed by atoms with van der Waals surface area (Å²) >= 11 is 0. The zero-order valence-electron chi connectivity index (χ0n) is 14.5. The van der Waals surface area contributed by atoms with E-state index < -0.39 is 0 Å². The molecule has 0 aliphatic carbocycles. The normalized spacial score (nSPS) is 10.7. The third-order valence-electron chi connectivity index (χ3n) is 3.70. The van der Waals surface area contributed by atoms with Gasteiger partial charge in [0, 0.05) is 26.2 Å². The topological polar surface area (TPSA) is 54.5 Å². The van der Waals surface area contributed by atoms with Gasteiger partial charge in [0.25, 0.3) is 5.91 Å². The zero-order valence-corrected chi connectivity index (χ0v) is 14.5. The van der Waals surface area contributed by atoms with E-state index in [4.69, 9.17) is 4.74 Å². The summed E-state index contributed by atoms with van der Waals surface area (Å²) in [6.45, 7) is 5.94. The van der Waals surface area contributed by atoms with Crippen LogP contribution in [0.25, 0.3) is 0 Å². The number of methoxy groups -OCH3 is 1. The summed E-state index contributed by atoms with van der Waals surface area (Å²) in [5.41, 5.74) is 2.44. The van der Waals surface area contributed by atoms with Gasteiger partial charge in [-0.2, -0.15) is 0 Å². The highest BCUT2D eigenvalue weighted by Crippen LogP contribution is 2.14. The van der Waals surface area contributed by atoms with Gasteiger partial charge in [-0.15, -0.1) is 0 Å². The molecule has 5 heteroatoms. The van der Waals surface area contributed by atoms with E-state index in [-0.39, 0.29) is 11.9 Å². The molecule has 24 heavy (non-hydrogen) atoms. The van der Waals surface area contributed by atoms with Crippen LogP contribution in [0.5, 0.6) is 0 Å². The Morgan fingerprint density at radius 3 is 2.54 bits per heavy atom. The van der Waals surface area contributed by atoms with Gasteiger partial charge in [-0.25, -0.2) is 4.98 Å². The second-order valence-electron chi connectivity index (χ2n) is 5.86. The van der Waals surface area contributed by atoms with Gasteiger partial charge < -0.3 is 15.0 Å². The van der Waals surface area contributed by atoms with Crippen LogP contribution < -0.4 is 5.32 Å². The Bertz CT molecular complexity index is 627. The smallest absolute Gasteiger partial charge is 0.272 e. The van der Waals surface area contributed by atoms with Gasteiger partial charge in [0.15, 0.2) is 0 Å². The van der Waals surface area contributed by atoms with Crippen LogP contribution in [-0.2, 0) is 11.3 Å². The Balaban J connectivity index is 2.06. The number of carbonyl (C=O) groups excluding carboxylic acids is 1. The van der Waals surface area contributed by atoms with E-state index in [1.807, 2.05) is 55.1 Å². The lowest BCUT2D eigenvalue weighted by Gasteiger charge is -2.26. The highest BCUT2D eigenvalue weighted by molar-refractivity contribution is 5.92. The van der Waals surface area contributed by atoms with E-state index in [9.17, 15) is 4.79 Å². The molecule has 128 valence electrons. The summed E-state index contributed by atoms with van der Waals surface area (Å²) in [7, 11) is 1.66. The molecule has 0 atom stereocenters. The molecular formula is C19H25N3O2. The fraction of sp³-hybridized carbons (Fsp3) is 0.368. The van der Waals surface area contributed by atoms with Crippen LogP contribution in [-0.4, -0.2) is 42.1 Å². The number of benzene rings is 1. The third kappa shape index (κ3) is 5.06. The fourth-order valence-electron chi connectivity index (χ4n) is 2.34. The highest BCUT2D eigenvalue weighted by Gasteiger charge is 2.20. The molecule has 1 aromatic heterocycles. The van der Waals surface area contributed by atoms with Crippen molar-refractivity contribution in [2.45, 2.75) is 26.4 Å². The summed E-state index contributed by atoms with van der Waals surface area (Å²) in [4.78, 5) is 18.9. The number of nitrogens with zero attached hydrogens (tertiary/aromatic N) is 2. The Labute approximate surface area is 143 Å². The third-order valence-corrected chi connectivity index (χ3v) is 3.70. The molecule has 2 rings (SSSR count). The minimum atomic E-state index is -0.0581. The maximum Gasteiger partial charge on any atom is 0.272 e. The van der Waals surface area contributed by atoms with Crippen molar-refractivity contribution in [1.29, 1.82) is 0 Å². The first-order valence-corrected chi connectivity index (χ1v) is 8.15. The van der Waals surface area contributed by atoms with Gasteiger partial charge in [-0.1, -0.05) is 30.3 Å². The van der Waals surface area contributed by atoms with Crippen molar-refractivity contribution < 1.29 is 9.53 Å². The van der Waals surface area contributed by atoms with Crippen LogP contribution in [0.2, 0.25) is 0 Å². The van der Waals surface area contributed by atoms with Gasteiger partial charge in [-0.3, -0.25) is 4.79 Å². The minimum Gasteiger partial charge on any atom is -0.383 e. The van der Waals surface area contributed by atoms with Crippen molar-refractivity contribution in [3.8, 4) is 0 Å². The second-order valence-corrected chi connectivity index (χ2v) is 5.86. The summed E-state index contributed by atoms with van der Waals surface area (Å²) in [5.74, 6) is -0.0581. The Morgan fingerprint density at radius 1 is 1.21 bits per heavy atom. The highest BCUT2D eigenvalue weighted by atomic mass is 16.5. The van der Waals surface area contributed by atoms with Crippen LogP contribution in [0.3, 0.4) is 0 Å². The average Bonchev–Trinajstić information content (AvgIpc) is 2.60. The van der Waals surface area contributed by atoms with E-state index in [2.05, 4.69) is 10.3 Å². The number of carbonyl (C=O) groups is 1. The van der Waals surface area contributed by atoms with Crippen LogP contribution in [0.1, 0.15) is 29.9 Å². The number of rotatable bonds is 8. The molecule has 0 saturated carbocycles. The van der Waals surface area contributed by atoms with E-state index >= 15 is 0 Å². The molecule has 1 heterocycles. The Morgan fingerprint density at radius 2 is 1.96 bits per heavy atom. The van der Waals surface area contributed by atoms with E-state index in [0.29, 0.717) is 25.4 Å². The van der Waals surface area contributed by atoms with Gasteiger partial charge in [0.2, 0.25) is 0 Å². The number of hydrogen-bond donors (Lipinski definition) is 1. The molecule has 0 bridgehead atoms. The summed E-state index contributed by atoms with van der Waals surface area (Å²) in [6, 6.07) is 13.7. The van der Waals surface area contributed by atoms with Crippen molar-refractivity contribution in [2.24, 2.45) is 0 Å². The first kappa shape index (κ1) is 17.9. The van der Waals surface area contributed by atoms with Crippen LogP contribution in [0.4, 0.5) is 5.69 Å². The molecule has 0 saturated heterocycles. The first-order valence-electron chi connectivity index (χ1n) is 8.15.